The van der Waals surface area contributed by atoms with E-state index in [-0.39, 0.29) is 47.8 Å². The zero-order valence-electron chi connectivity index (χ0n) is 27.6. The van der Waals surface area contributed by atoms with Crippen molar-refractivity contribution in [2.75, 3.05) is 39.6 Å². The number of aliphatic hydroxyl groups excluding tert-OH is 2. The fourth-order valence-corrected chi connectivity index (χ4v) is 7.13. The molecule has 0 aromatic heterocycles. The van der Waals surface area contributed by atoms with Crippen LogP contribution < -0.4 is 10.6 Å². The first kappa shape index (κ1) is 33.8. The summed E-state index contributed by atoms with van der Waals surface area (Å²) in [5, 5.41) is 34.4. The number of aliphatic hydroxyl groups is 2. The molecule has 0 spiro atoms. The molecule has 1 aromatic carbocycles. The zero-order chi connectivity index (χ0) is 33.9. The number of Topliss-reactive ketones (excluding diaryl/α,β-unsaturated/α-hetero) is 2. The number of ether oxygens (including phenoxy) is 1. The van der Waals surface area contributed by atoms with Crippen LogP contribution in [0.25, 0.3) is 5.76 Å². The number of phenolic OH excluding ortho intramolecular Hbond substituents is 1. The first-order chi connectivity index (χ1) is 20.8. The maximum absolute atomic E-state index is 14.1. The Morgan fingerprint density at radius 2 is 1.69 bits per heavy atom. The van der Waals surface area contributed by atoms with Gasteiger partial charge >= 0.3 is 6.09 Å². The Balaban J connectivity index is 1.87. The molecule has 12 heteroatoms. The Bertz CT molecular complexity index is 1500. The maximum Gasteiger partial charge on any atom is 0.410 e. The van der Waals surface area contributed by atoms with Crippen molar-refractivity contribution in [3.8, 4) is 5.75 Å². The van der Waals surface area contributed by atoms with E-state index >= 15 is 0 Å². The number of ketones is 2. The number of likely N-dealkylation sites (N-methyl/N-ethyl adjacent to an activating group) is 1. The van der Waals surface area contributed by atoms with Crippen LogP contribution in [-0.4, -0.2) is 95.6 Å². The summed E-state index contributed by atoms with van der Waals surface area (Å²) in [5.41, 5.74) is 6.29. The molecule has 0 aliphatic heterocycles. The monoisotopic (exact) mass is 626 g/mol. The molecule has 3 aliphatic rings. The van der Waals surface area contributed by atoms with Gasteiger partial charge in [-0.3, -0.25) is 19.3 Å². The van der Waals surface area contributed by atoms with Crippen LogP contribution in [0.3, 0.4) is 0 Å². The highest BCUT2D eigenvalue weighted by molar-refractivity contribution is 6.28. The molecule has 12 nitrogen and oxygen atoms in total. The third kappa shape index (κ3) is 6.12. The van der Waals surface area contributed by atoms with Crippen molar-refractivity contribution in [3.05, 3.63) is 39.7 Å². The number of rotatable bonds is 7. The van der Waals surface area contributed by atoms with Crippen molar-refractivity contribution >= 4 is 35.0 Å². The van der Waals surface area contributed by atoms with E-state index in [1.165, 1.54) is 4.90 Å². The van der Waals surface area contributed by atoms with E-state index < -0.39 is 64.5 Å². The van der Waals surface area contributed by atoms with E-state index in [0.29, 0.717) is 23.4 Å². The van der Waals surface area contributed by atoms with Gasteiger partial charge in [0, 0.05) is 37.5 Å². The number of carbonyl (C=O) groups is 4. The molecule has 1 aromatic rings. The van der Waals surface area contributed by atoms with Crippen molar-refractivity contribution in [3.63, 3.8) is 0 Å². The van der Waals surface area contributed by atoms with Crippen LogP contribution in [-0.2, 0) is 32.1 Å². The van der Waals surface area contributed by atoms with Crippen molar-refractivity contribution in [1.29, 1.82) is 0 Å². The minimum absolute atomic E-state index is 0.00253. The normalized spacial score (nSPS) is 23.2. The highest BCUT2D eigenvalue weighted by Gasteiger charge is 2.56. The van der Waals surface area contributed by atoms with E-state index in [1.54, 1.807) is 38.9 Å². The Kier molecular flexibility index (Phi) is 9.05. The molecule has 0 bridgehead atoms. The highest BCUT2D eigenvalue weighted by Crippen LogP contribution is 2.52. The summed E-state index contributed by atoms with van der Waals surface area (Å²) < 4.78 is 5.49. The molecule has 5 N–H and O–H groups in total. The molecule has 246 valence electrons. The Hall–Kier alpha value is -4.06. The van der Waals surface area contributed by atoms with E-state index in [4.69, 9.17) is 10.5 Å². The Morgan fingerprint density at radius 3 is 2.20 bits per heavy atom. The predicted octanol–water partition coefficient (Wildman–Crippen LogP) is 3.31. The molecule has 45 heavy (non-hydrogen) atoms. The van der Waals surface area contributed by atoms with Gasteiger partial charge in [-0.25, -0.2) is 4.79 Å². The van der Waals surface area contributed by atoms with Crippen molar-refractivity contribution in [1.82, 2.24) is 9.80 Å². The third-order valence-corrected chi connectivity index (χ3v) is 8.72. The summed E-state index contributed by atoms with van der Waals surface area (Å²) in [6.45, 7) is 9.73. The van der Waals surface area contributed by atoms with Crippen LogP contribution in [0.4, 0.5) is 10.5 Å². The topological polar surface area (TPSA) is 174 Å². The van der Waals surface area contributed by atoms with E-state index in [9.17, 15) is 34.5 Å². The number of carbonyl (C=O) groups excluding carboxylic acids is 4. The van der Waals surface area contributed by atoms with Crippen LogP contribution in [0.15, 0.2) is 23.0 Å². The van der Waals surface area contributed by atoms with Gasteiger partial charge in [-0.05, 0) is 69.7 Å². The predicted molar refractivity (Wildman–Crippen MR) is 169 cm³/mol. The minimum Gasteiger partial charge on any atom is -0.510 e. The largest absolute Gasteiger partial charge is 0.510 e. The lowest BCUT2D eigenvalue weighted by atomic mass is 9.59. The minimum atomic E-state index is -1.34. The Morgan fingerprint density at radius 1 is 1.07 bits per heavy atom. The van der Waals surface area contributed by atoms with Crippen molar-refractivity contribution in [2.24, 2.45) is 28.9 Å². The summed E-state index contributed by atoms with van der Waals surface area (Å²) in [6.07, 6.45) is -0.376. The molecule has 4 rings (SSSR count). The van der Waals surface area contributed by atoms with Gasteiger partial charge in [0.2, 0.25) is 0 Å². The number of anilines is 1. The fourth-order valence-electron chi connectivity index (χ4n) is 7.13. The van der Waals surface area contributed by atoms with Crippen molar-refractivity contribution < 1.29 is 39.2 Å². The summed E-state index contributed by atoms with van der Waals surface area (Å²) in [6, 6.07) is 0.964. The SMILES string of the molecule is CC(C)OC(=O)N(Cc1cc(N(C)C)c2c(c1O)C(O)=C1C(=O)C3C(=O)C(C(N)=O)=C(O)C(N(C)C)C3CC1C2)CC(C)(C)C. The van der Waals surface area contributed by atoms with Gasteiger partial charge in [0.1, 0.15) is 22.8 Å². The average molecular weight is 627 g/mol. The lowest BCUT2D eigenvalue weighted by molar-refractivity contribution is -0.136. The van der Waals surface area contributed by atoms with Gasteiger partial charge in [0.05, 0.1) is 30.2 Å². The molecular formula is C33H46N4O8. The molecule has 0 saturated heterocycles. The molecule has 2 amide bonds. The molecule has 0 radical (unpaired) electrons. The number of aromatic hydroxyl groups is 1. The molecule has 3 aliphatic carbocycles. The number of allylic oxidation sites excluding steroid dienone is 1. The first-order valence-corrected chi connectivity index (χ1v) is 15.2. The molecule has 1 fully saturated rings. The second kappa shape index (κ2) is 12.0. The number of primary amides is 1. The van der Waals surface area contributed by atoms with Crippen LogP contribution in [0.5, 0.6) is 5.75 Å². The highest BCUT2D eigenvalue weighted by atomic mass is 16.6. The van der Waals surface area contributed by atoms with E-state index in [1.807, 2.05) is 39.8 Å². The summed E-state index contributed by atoms with van der Waals surface area (Å²) in [7, 11) is 7.01. The van der Waals surface area contributed by atoms with Gasteiger partial charge in [0.15, 0.2) is 11.6 Å². The average Bonchev–Trinajstić information content (AvgIpc) is 2.87. The van der Waals surface area contributed by atoms with Gasteiger partial charge in [-0.2, -0.15) is 0 Å². The third-order valence-electron chi connectivity index (χ3n) is 8.72. The Labute approximate surface area is 264 Å². The second-order valence-electron chi connectivity index (χ2n) is 14.3. The van der Waals surface area contributed by atoms with Gasteiger partial charge in [-0.1, -0.05) is 20.8 Å². The molecule has 1 saturated carbocycles. The number of amides is 2. The fraction of sp³-hybridized carbons (Fsp3) is 0.576. The molecule has 4 unspecified atom stereocenters. The lowest BCUT2D eigenvalue weighted by Gasteiger charge is -2.46. The molecule has 0 heterocycles. The van der Waals surface area contributed by atoms with Crippen LogP contribution in [0.2, 0.25) is 0 Å². The van der Waals surface area contributed by atoms with E-state index in [0.717, 1.165) is 0 Å². The number of phenols is 1. The standard InChI is InChI=1S/C33H46N4O8/c1-15(2)45-32(44)37(14-33(3,4)5)13-17-12-20(35(6)7)18-10-16-11-19-23(28(40)21(16)27(39)22(18)26(17)38)29(41)24(31(34)43)30(42)25(19)36(8)9/h12,15-16,19,23,25,38-39,42H,10-11,13-14H2,1-9H3,(H2,34,43). The number of benzene rings is 1. The maximum atomic E-state index is 14.1. The van der Waals surface area contributed by atoms with Crippen molar-refractivity contribution in [2.45, 2.75) is 66.2 Å². The molecular weight excluding hydrogens is 580 g/mol. The molecule has 4 atom stereocenters. The zero-order valence-corrected chi connectivity index (χ0v) is 27.6. The van der Waals surface area contributed by atoms with Gasteiger partial charge < -0.3 is 35.6 Å². The number of fused-ring (bicyclic) bond motifs is 3. The lowest BCUT2D eigenvalue weighted by Crippen LogP contribution is -2.55. The summed E-state index contributed by atoms with van der Waals surface area (Å²) in [5.74, 6) is -6.34. The van der Waals surface area contributed by atoms with Gasteiger partial charge in [-0.15, -0.1) is 0 Å². The number of nitrogens with two attached hydrogens (primary N) is 1. The van der Waals surface area contributed by atoms with Crippen LogP contribution in [0.1, 0.15) is 57.7 Å². The smallest absolute Gasteiger partial charge is 0.410 e. The summed E-state index contributed by atoms with van der Waals surface area (Å²) in [4.78, 5) is 57.9. The summed E-state index contributed by atoms with van der Waals surface area (Å²) >= 11 is 0. The number of hydrogen-bond acceptors (Lipinski definition) is 10. The second-order valence-corrected chi connectivity index (χ2v) is 14.3. The van der Waals surface area contributed by atoms with Crippen LogP contribution >= 0.6 is 0 Å². The number of nitrogens with zero attached hydrogens (tertiary/aromatic N) is 3. The quantitative estimate of drug-likeness (QED) is 0.260. The van der Waals surface area contributed by atoms with Gasteiger partial charge in [0.25, 0.3) is 5.91 Å². The van der Waals surface area contributed by atoms with Crippen LogP contribution in [0, 0.1) is 23.2 Å². The number of hydrogen-bond donors (Lipinski definition) is 4. The first-order valence-electron chi connectivity index (χ1n) is 15.2. The van der Waals surface area contributed by atoms with E-state index in [2.05, 4.69) is 0 Å².